The summed E-state index contributed by atoms with van der Waals surface area (Å²) in [6, 6.07) is 10.9. The Morgan fingerprint density at radius 1 is 0.786 bits per heavy atom. The van der Waals surface area contributed by atoms with Gasteiger partial charge in [-0.15, -0.1) is 0 Å². The molecule has 1 heterocycles. The molecule has 0 radical (unpaired) electrons. The fraction of sp³-hybridized carbons (Fsp3) is 0.367. The highest BCUT2D eigenvalue weighted by Crippen LogP contribution is 2.19. The molecule has 0 saturated heterocycles. The number of rotatable bonds is 15. The van der Waals surface area contributed by atoms with E-state index >= 15 is 0 Å². The van der Waals surface area contributed by atoms with E-state index in [-0.39, 0.29) is 18.8 Å². The average molecular weight is 580 g/mol. The van der Waals surface area contributed by atoms with Crippen LogP contribution >= 0.6 is 0 Å². The summed E-state index contributed by atoms with van der Waals surface area (Å²) in [4.78, 5) is 66.2. The molecule has 3 rings (SSSR count). The minimum Gasteiger partial charge on any atom is -0.481 e. The molecule has 0 aliphatic carbocycles. The van der Waals surface area contributed by atoms with Crippen LogP contribution < -0.4 is 21.7 Å². The molecule has 8 N–H and O–H groups in total. The van der Waals surface area contributed by atoms with Gasteiger partial charge in [0.25, 0.3) is 0 Å². The first-order valence-corrected chi connectivity index (χ1v) is 13.6. The maximum absolute atomic E-state index is 13.5. The predicted molar refractivity (Wildman–Crippen MR) is 155 cm³/mol. The largest absolute Gasteiger partial charge is 0.481 e. The Balaban J connectivity index is 1.82. The number of H-pyrrole nitrogens is 1. The lowest BCUT2D eigenvalue weighted by molar-refractivity contribution is -0.143. The molecule has 12 heteroatoms. The molecule has 12 nitrogen and oxygen atoms in total. The zero-order valence-electron chi connectivity index (χ0n) is 23.5. The van der Waals surface area contributed by atoms with Crippen molar-refractivity contribution in [3.63, 3.8) is 0 Å². The standard InChI is InChI=1S/C30H37N5O7/c1-17(2)12-21(31)27(38)33-23(14-19-16-32-22-11-7-6-10-20(19)22)28(39)34-24(15-26(36)37)29(40)35-25(30(41)42)13-18-8-4-3-5-9-18/h3-11,16-17,21,23-25,32H,12-15,31H2,1-2H3,(H,33,38)(H,34,39)(H,35,40)(H,36,37)(H,41,42). The lowest BCUT2D eigenvalue weighted by Gasteiger charge is -2.25. The van der Waals surface area contributed by atoms with E-state index in [9.17, 15) is 34.2 Å². The maximum Gasteiger partial charge on any atom is 0.326 e. The van der Waals surface area contributed by atoms with Crippen molar-refractivity contribution >= 4 is 40.6 Å². The second kappa shape index (κ2) is 14.8. The Labute approximate surface area is 243 Å². The predicted octanol–water partition coefficient (Wildman–Crippen LogP) is 1.34. The topological polar surface area (TPSA) is 204 Å². The van der Waals surface area contributed by atoms with E-state index in [1.54, 1.807) is 36.5 Å². The molecule has 1 aromatic heterocycles. The molecule has 224 valence electrons. The molecule has 3 amide bonds. The van der Waals surface area contributed by atoms with Gasteiger partial charge in [0.05, 0.1) is 12.5 Å². The summed E-state index contributed by atoms with van der Waals surface area (Å²) in [5.74, 6) is -4.97. The summed E-state index contributed by atoms with van der Waals surface area (Å²) in [5, 5.41) is 27.4. The third kappa shape index (κ3) is 9.16. The second-order valence-corrected chi connectivity index (χ2v) is 10.6. The van der Waals surface area contributed by atoms with Gasteiger partial charge in [0.15, 0.2) is 0 Å². The molecular formula is C30H37N5O7. The van der Waals surface area contributed by atoms with Gasteiger partial charge in [-0.2, -0.15) is 0 Å². The molecule has 3 aromatic rings. The molecule has 42 heavy (non-hydrogen) atoms. The molecule has 0 fully saturated rings. The lowest BCUT2D eigenvalue weighted by Crippen LogP contribution is -2.58. The van der Waals surface area contributed by atoms with E-state index in [0.717, 1.165) is 10.9 Å². The zero-order valence-corrected chi connectivity index (χ0v) is 23.5. The molecule has 0 aliphatic heterocycles. The minimum absolute atomic E-state index is 0.0170. The molecular weight excluding hydrogens is 542 g/mol. The first kappa shape index (κ1) is 31.8. The van der Waals surface area contributed by atoms with Crippen molar-refractivity contribution in [2.45, 2.75) is 63.7 Å². The number of carbonyl (C=O) groups excluding carboxylic acids is 3. The first-order valence-electron chi connectivity index (χ1n) is 13.6. The van der Waals surface area contributed by atoms with Crippen LogP contribution in [0.4, 0.5) is 0 Å². The highest BCUT2D eigenvalue weighted by Gasteiger charge is 2.32. The molecule has 0 spiro atoms. The third-order valence-electron chi connectivity index (χ3n) is 6.70. The maximum atomic E-state index is 13.5. The van der Waals surface area contributed by atoms with Crippen molar-refractivity contribution in [1.29, 1.82) is 0 Å². The van der Waals surface area contributed by atoms with Crippen LogP contribution in [0.5, 0.6) is 0 Å². The van der Waals surface area contributed by atoms with E-state index in [2.05, 4.69) is 20.9 Å². The van der Waals surface area contributed by atoms with Gasteiger partial charge in [-0.25, -0.2) is 4.79 Å². The number of nitrogens with one attached hydrogen (secondary N) is 4. The molecule has 0 saturated carbocycles. The fourth-order valence-electron chi connectivity index (χ4n) is 4.60. The van der Waals surface area contributed by atoms with Crippen LogP contribution in [-0.2, 0) is 36.8 Å². The van der Waals surface area contributed by atoms with E-state index in [1.807, 2.05) is 38.1 Å². The molecule has 0 bridgehead atoms. The van der Waals surface area contributed by atoms with Crippen LogP contribution in [-0.4, -0.2) is 69.0 Å². The smallest absolute Gasteiger partial charge is 0.326 e. The summed E-state index contributed by atoms with van der Waals surface area (Å²) < 4.78 is 0. The Morgan fingerprint density at radius 3 is 2.02 bits per heavy atom. The third-order valence-corrected chi connectivity index (χ3v) is 6.70. The zero-order chi connectivity index (χ0) is 30.8. The number of aromatic nitrogens is 1. The van der Waals surface area contributed by atoms with Crippen molar-refractivity contribution in [2.24, 2.45) is 11.7 Å². The van der Waals surface area contributed by atoms with Gasteiger partial charge in [0.2, 0.25) is 17.7 Å². The molecule has 4 atom stereocenters. The summed E-state index contributed by atoms with van der Waals surface area (Å²) in [6.07, 6.45) is 1.23. The monoisotopic (exact) mass is 579 g/mol. The van der Waals surface area contributed by atoms with Crippen LogP contribution in [0.1, 0.15) is 37.8 Å². The fourth-order valence-corrected chi connectivity index (χ4v) is 4.60. The SMILES string of the molecule is CC(C)CC(N)C(=O)NC(Cc1c[nH]c2ccccc12)C(=O)NC(CC(=O)O)C(=O)NC(Cc1ccccc1)C(=O)O. The van der Waals surface area contributed by atoms with Crippen molar-refractivity contribution < 1.29 is 34.2 Å². The van der Waals surface area contributed by atoms with Crippen LogP contribution in [0.2, 0.25) is 0 Å². The Bertz CT molecular complexity index is 1410. The molecule has 2 aromatic carbocycles. The van der Waals surface area contributed by atoms with E-state index in [1.165, 1.54) is 0 Å². The molecule has 4 unspecified atom stereocenters. The van der Waals surface area contributed by atoms with Crippen molar-refractivity contribution in [3.05, 3.63) is 71.9 Å². The van der Waals surface area contributed by atoms with Crippen LogP contribution in [0.25, 0.3) is 10.9 Å². The average Bonchev–Trinajstić information content (AvgIpc) is 3.34. The number of aromatic amines is 1. The van der Waals surface area contributed by atoms with Gasteiger partial charge in [0.1, 0.15) is 18.1 Å². The van der Waals surface area contributed by atoms with Crippen molar-refractivity contribution in [1.82, 2.24) is 20.9 Å². The van der Waals surface area contributed by atoms with Crippen LogP contribution in [0.3, 0.4) is 0 Å². The van der Waals surface area contributed by atoms with Gasteiger partial charge in [-0.3, -0.25) is 19.2 Å². The number of amides is 3. The highest BCUT2D eigenvalue weighted by molar-refractivity contribution is 5.96. The van der Waals surface area contributed by atoms with Gasteiger partial charge >= 0.3 is 11.9 Å². The van der Waals surface area contributed by atoms with Gasteiger partial charge in [0, 0.05) is 29.9 Å². The Hall–Kier alpha value is -4.71. The Morgan fingerprint density at radius 2 is 1.38 bits per heavy atom. The normalized spacial score (nSPS) is 14.0. The summed E-state index contributed by atoms with van der Waals surface area (Å²) >= 11 is 0. The Kier molecular flexibility index (Phi) is 11.2. The number of fused-ring (bicyclic) bond motifs is 1. The summed E-state index contributed by atoms with van der Waals surface area (Å²) in [7, 11) is 0. The number of carboxylic acid groups (broad SMARTS) is 2. The quantitative estimate of drug-likeness (QED) is 0.140. The lowest BCUT2D eigenvalue weighted by atomic mass is 10.0. The number of benzene rings is 2. The molecule has 0 aliphatic rings. The number of carbonyl (C=O) groups is 5. The number of para-hydroxylation sites is 1. The number of hydrogen-bond donors (Lipinski definition) is 7. The summed E-state index contributed by atoms with van der Waals surface area (Å²) in [6.45, 7) is 3.81. The van der Waals surface area contributed by atoms with Crippen LogP contribution in [0.15, 0.2) is 60.8 Å². The highest BCUT2D eigenvalue weighted by atomic mass is 16.4. The van der Waals surface area contributed by atoms with Crippen LogP contribution in [0, 0.1) is 5.92 Å². The minimum atomic E-state index is -1.61. The van der Waals surface area contributed by atoms with Gasteiger partial charge < -0.3 is 36.9 Å². The second-order valence-electron chi connectivity index (χ2n) is 10.6. The number of nitrogens with two attached hydrogens (primary N) is 1. The number of hydrogen-bond acceptors (Lipinski definition) is 6. The van der Waals surface area contributed by atoms with Crippen molar-refractivity contribution in [3.8, 4) is 0 Å². The van der Waals surface area contributed by atoms with Crippen molar-refractivity contribution in [2.75, 3.05) is 0 Å². The van der Waals surface area contributed by atoms with E-state index in [0.29, 0.717) is 17.5 Å². The van der Waals surface area contributed by atoms with Gasteiger partial charge in [-0.05, 0) is 29.5 Å². The number of aliphatic carboxylic acids is 2. The van der Waals surface area contributed by atoms with Gasteiger partial charge in [-0.1, -0.05) is 62.4 Å². The number of carboxylic acids is 2. The first-order chi connectivity index (χ1) is 19.9. The van der Waals surface area contributed by atoms with E-state index in [4.69, 9.17) is 5.73 Å². The van der Waals surface area contributed by atoms with E-state index < -0.39 is 60.2 Å². The summed E-state index contributed by atoms with van der Waals surface area (Å²) in [5.41, 5.74) is 8.21.